The predicted molar refractivity (Wildman–Crippen MR) is 73.0 cm³/mol. The molecule has 0 aromatic rings. The van der Waals surface area contributed by atoms with Gasteiger partial charge in [-0.1, -0.05) is 26.2 Å². The molecule has 17 heavy (non-hydrogen) atoms. The Kier molecular flexibility index (Phi) is 6.49. The summed E-state index contributed by atoms with van der Waals surface area (Å²) in [6.45, 7) is 3.27. The van der Waals surface area contributed by atoms with Crippen LogP contribution in [0.15, 0.2) is 0 Å². The van der Waals surface area contributed by atoms with Gasteiger partial charge in [-0.15, -0.1) is 0 Å². The topological polar surface area (TPSA) is 46.2 Å². The van der Waals surface area contributed by atoms with Crippen molar-refractivity contribution in [3.8, 4) is 0 Å². The molecule has 1 aliphatic carbocycles. The highest BCUT2D eigenvalue weighted by molar-refractivity contribution is 7.90. The van der Waals surface area contributed by atoms with Crippen LogP contribution in [0, 0.1) is 5.92 Å². The van der Waals surface area contributed by atoms with Crippen LogP contribution in [0.5, 0.6) is 0 Å². The fourth-order valence-electron chi connectivity index (χ4n) is 2.64. The first-order valence-electron chi connectivity index (χ1n) is 6.92. The van der Waals surface area contributed by atoms with E-state index in [1.807, 2.05) is 0 Å². The number of sulfone groups is 1. The smallest absolute Gasteiger partial charge is 0.147 e. The molecule has 0 heterocycles. The zero-order chi connectivity index (χ0) is 12.7. The van der Waals surface area contributed by atoms with Crippen molar-refractivity contribution in [2.24, 2.45) is 5.92 Å². The third kappa shape index (κ3) is 7.04. The van der Waals surface area contributed by atoms with Gasteiger partial charge < -0.3 is 5.32 Å². The highest BCUT2D eigenvalue weighted by Gasteiger charge is 2.20. The molecule has 0 saturated heterocycles. The maximum Gasteiger partial charge on any atom is 0.147 e. The van der Waals surface area contributed by atoms with Crippen LogP contribution >= 0.6 is 0 Å². The highest BCUT2D eigenvalue weighted by atomic mass is 32.2. The number of hydrogen-bond donors (Lipinski definition) is 1. The molecule has 3 nitrogen and oxygen atoms in total. The van der Waals surface area contributed by atoms with Gasteiger partial charge >= 0.3 is 0 Å². The van der Waals surface area contributed by atoms with Crippen molar-refractivity contribution < 1.29 is 8.42 Å². The van der Waals surface area contributed by atoms with Crippen molar-refractivity contribution >= 4 is 9.84 Å². The van der Waals surface area contributed by atoms with Crippen LogP contribution in [0.4, 0.5) is 0 Å². The average Bonchev–Trinajstić information content (AvgIpc) is 2.48. The second kappa shape index (κ2) is 7.37. The fraction of sp³-hybridized carbons (Fsp3) is 1.00. The summed E-state index contributed by atoms with van der Waals surface area (Å²) < 4.78 is 22.4. The maximum atomic E-state index is 11.2. The van der Waals surface area contributed by atoms with Crippen molar-refractivity contribution in [3.05, 3.63) is 0 Å². The lowest BCUT2D eigenvalue weighted by molar-refractivity contribution is 0.378. The van der Waals surface area contributed by atoms with E-state index < -0.39 is 9.84 Å². The summed E-state index contributed by atoms with van der Waals surface area (Å²) in [6, 6.07) is 0.613. The van der Waals surface area contributed by atoms with Crippen LogP contribution in [0.1, 0.15) is 51.9 Å². The van der Waals surface area contributed by atoms with Gasteiger partial charge in [0.25, 0.3) is 0 Å². The monoisotopic (exact) mass is 261 g/mol. The standard InChI is InChI=1S/C13H27NO2S/c1-3-9-14-13-7-5-4-6-12(11-13)8-10-17(2,15)16/h12-14H,3-11H2,1-2H3. The molecule has 1 rings (SSSR count). The molecule has 4 heteroatoms. The minimum atomic E-state index is -2.79. The molecule has 0 aromatic heterocycles. The van der Waals surface area contributed by atoms with Gasteiger partial charge in [-0.2, -0.15) is 0 Å². The molecule has 1 saturated carbocycles. The van der Waals surface area contributed by atoms with Crippen molar-refractivity contribution in [2.45, 2.75) is 57.9 Å². The average molecular weight is 261 g/mol. The Morgan fingerprint density at radius 2 is 1.94 bits per heavy atom. The first kappa shape index (κ1) is 15.0. The van der Waals surface area contributed by atoms with Gasteiger partial charge in [0.15, 0.2) is 0 Å². The molecule has 102 valence electrons. The molecule has 0 radical (unpaired) electrons. The molecule has 0 aliphatic heterocycles. The molecular weight excluding hydrogens is 234 g/mol. The fourth-order valence-corrected chi connectivity index (χ4v) is 3.40. The van der Waals surface area contributed by atoms with Crippen LogP contribution in [-0.2, 0) is 9.84 Å². The van der Waals surface area contributed by atoms with E-state index in [2.05, 4.69) is 12.2 Å². The molecule has 0 spiro atoms. The SMILES string of the molecule is CCCNC1CCCCC(CCS(C)(=O)=O)C1. The number of hydrogen-bond acceptors (Lipinski definition) is 3. The molecule has 2 unspecified atom stereocenters. The summed E-state index contributed by atoms with van der Waals surface area (Å²) in [6.07, 6.45) is 9.55. The lowest BCUT2D eigenvalue weighted by Crippen LogP contribution is -2.31. The molecule has 1 fully saturated rings. The lowest BCUT2D eigenvalue weighted by Gasteiger charge is -2.20. The Balaban J connectivity index is 2.37. The Labute approximate surface area is 106 Å². The number of nitrogens with one attached hydrogen (secondary N) is 1. The number of rotatable bonds is 6. The van der Waals surface area contributed by atoms with E-state index in [1.54, 1.807) is 0 Å². The molecule has 1 aliphatic rings. The van der Waals surface area contributed by atoms with E-state index in [9.17, 15) is 8.42 Å². The molecule has 0 aromatic carbocycles. The van der Waals surface area contributed by atoms with Crippen molar-refractivity contribution in [1.29, 1.82) is 0 Å². The Hall–Kier alpha value is -0.0900. The summed E-state index contributed by atoms with van der Waals surface area (Å²) in [5.74, 6) is 0.958. The Morgan fingerprint density at radius 1 is 1.24 bits per heavy atom. The van der Waals surface area contributed by atoms with E-state index in [-0.39, 0.29) is 0 Å². The van der Waals surface area contributed by atoms with E-state index in [1.165, 1.54) is 38.4 Å². The zero-order valence-electron chi connectivity index (χ0n) is 11.2. The lowest BCUT2D eigenvalue weighted by atomic mass is 9.95. The first-order chi connectivity index (χ1) is 8.01. The third-order valence-electron chi connectivity index (χ3n) is 3.61. The summed E-state index contributed by atoms with van der Waals surface area (Å²) in [5.41, 5.74) is 0. The highest BCUT2D eigenvalue weighted by Crippen LogP contribution is 2.26. The third-order valence-corrected chi connectivity index (χ3v) is 4.59. The minimum absolute atomic E-state index is 0.359. The van der Waals surface area contributed by atoms with E-state index in [4.69, 9.17) is 0 Å². The van der Waals surface area contributed by atoms with Crippen molar-refractivity contribution in [2.75, 3.05) is 18.6 Å². The molecule has 0 amide bonds. The second-order valence-corrected chi connectivity index (χ2v) is 7.72. The van der Waals surface area contributed by atoms with Gasteiger partial charge in [0.1, 0.15) is 9.84 Å². The van der Waals surface area contributed by atoms with Crippen molar-refractivity contribution in [3.63, 3.8) is 0 Å². The minimum Gasteiger partial charge on any atom is -0.314 e. The zero-order valence-corrected chi connectivity index (χ0v) is 12.1. The van der Waals surface area contributed by atoms with Gasteiger partial charge in [0.2, 0.25) is 0 Å². The second-order valence-electron chi connectivity index (χ2n) is 5.46. The summed E-state index contributed by atoms with van der Waals surface area (Å²) in [5, 5.41) is 3.59. The van der Waals surface area contributed by atoms with Gasteiger partial charge in [0.05, 0.1) is 5.75 Å². The van der Waals surface area contributed by atoms with Crippen LogP contribution in [-0.4, -0.2) is 33.0 Å². The summed E-state index contributed by atoms with van der Waals surface area (Å²) in [4.78, 5) is 0. The van der Waals surface area contributed by atoms with E-state index in [0.29, 0.717) is 17.7 Å². The Bertz CT molecular complexity index is 301. The van der Waals surface area contributed by atoms with Crippen LogP contribution in [0.25, 0.3) is 0 Å². The van der Waals surface area contributed by atoms with Gasteiger partial charge in [0, 0.05) is 12.3 Å². The van der Waals surface area contributed by atoms with Crippen molar-refractivity contribution in [1.82, 2.24) is 5.32 Å². The van der Waals surface area contributed by atoms with Crippen LogP contribution < -0.4 is 5.32 Å². The van der Waals surface area contributed by atoms with Crippen LogP contribution in [0.2, 0.25) is 0 Å². The first-order valence-corrected chi connectivity index (χ1v) is 8.98. The largest absolute Gasteiger partial charge is 0.314 e. The van der Waals surface area contributed by atoms with Gasteiger partial charge in [-0.3, -0.25) is 0 Å². The molecule has 0 bridgehead atoms. The summed E-state index contributed by atoms with van der Waals surface area (Å²) >= 11 is 0. The Morgan fingerprint density at radius 3 is 2.59 bits per heavy atom. The molecule has 2 atom stereocenters. The van der Waals surface area contributed by atoms with Gasteiger partial charge in [-0.05, 0) is 38.1 Å². The van der Waals surface area contributed by atoms with E-state index in [0.717, 1.165) is 19.4 Å². The normalized spacial score (nSPS) is 26.7. The maximum absolute atomic E-state index is 11.2. The van der Waals surface area contributed by atoms with Crippen LogP contribution in [0.3, 0.4) is 0 Å². The molecular formula is C13H27NO2S. The predicted octanol–water partition coefficient (Wildman–Crippen LogP) is 2.37. The molecule has 1 N–H and O–H groups in total. The quantitative estimate of drug-likeness (QED) is 0.747. The van der Waals surface area contributed by atoms with E-state index >= 15 is 0 Å². The summed E-state index contributed by atoms with van der Waals surface area (Å²) in [7, 11) is -2.79. The van der Waals surface area contributed by atoms with Gasteiger partial charge in [-0.25, -0.2) is 8.42 Å².